The van der Waals surface area contributed by atoms with E-state index in [1.807, 2.05) is 30.5 Å². The summed E-state index contributed by atoms with van der Waals surface area (Å²) in [7, 11) is 0. The van der Waals surface area contributed by atoms with E-state index in [9.17, 15) is 4.79 Å². The average Bonchev–Trinajstić information content (AvgIpc) is 2.92. The first kappa shape index (κ1) is 15.0. The van der Waals surface area contributed by atoms with Gasteiger partial charge in [-0.25, -0.2) is 9.97 Å². The van der Waals surface area contributed by atoms with Gasteiger partial charge in [-0.3, -0.25) is 15.6 Å². The molecule has 6 heteroatoms. The molecule has 118 valence electrons. The Hall–Kier alpha value is -2.89. The van der Waals surface area contributed by atoms with Gasteiger partial charge in [-0.15, -0.1) is 0 Å². The van der Waals surface area contributed by atoms with Crippen LogP contribution in [0.4, 0.5) is 5.95 Å². The van der Waals surface area contributed by atoms with Crippen LogP contribution < -0.4 is 10.9 Å². The number of para-hydroxylation sites is 1. The number of amides is 1. The maximum atomic E-state index is 12.5. The van der Waals surface area contributed by atoms with E-state index in [2.05, 4.69) is 39.2 Å². The molecular formula is C17H19N5O. The van der Waals surface area contributed by atoms with Crippen LogP contribution in [0.1, 0.15) is 24.2 Å². The van der Waals surface area contributed by atoms with E-state index in [-0.39, 0.29) is 5.91 Å². The third-order valence-corrected chi connectivity index (χ3v) is 3.45. The molecule has 0 bridgehead atoms. The van der Waals surface area contributed by atoms with Crippen LogP contribution in [0.3, 0.4) is 0 Å². The number of carbonyl (C=O) groups is 1. The Morgan fingerprint density at radius 3 is 2.65 bits per heavy atom. The Kier molecular flexibility index (Phi) is 4.23. The molecule has 0 saturated carbocycles. The van der Waals surface area contributed by atoms with Gasteiger partial charge in [0.05, 0.1) is 5.56 Å². The van der Waals surface area contributed by atoms with Crippen molar-refractivity contribution in [2.24, 2.45) is 5.92 Å². The Morgan fingerprint density at radius 1 is 1.17 bits per heavy atom. The average molecular weight is 309 g/mol. The third-order valence-electron chi connectivity index (χ3n) is 3.45. The fraction of sp³-hybridized carbons (Fsp3) is 0.235. The van der Waals surface area contributed by atoms with Crippen LogP contribution in [0.2, 0.25) is 0 Å². The summed E-state index contributed by atoms with van der Waals surface area (Å²) in [4.78, 5) is 20.5. The van der Waals surface area contributed by atoms with E-state index >= 15 is 0 Å². The first-order valence-corrected chi connectivity index (χ1v) is 7.56. The zero-order valence-electron chi connectivity index (χ0n) is 13.2. The summed E-state index contributed by atoms with van der Waals surface area (Å²) in [6.45, 7) is 5.18. The van der Waals surface area contributed by atoms with Crippen molar-refractivity contribution in [2.75, 3.05) is 5.43 Å². The number of rotatable bonds is 5. The molecule has 0 aliphatic rings. The summed E-state index contributed by atoms with van der Waals surface area (Å²) >= 11 is 0. The van der Waals surface area contributed by atoms with Crippen molar-refractivity contribution in [3.8, 4) is 0 Å². The van der Waals surface area contributed by atoms with Crippen LogP contribution in [-0.4, -0.2) is 20.4 Å². The van der Waals surface area contributed by atoms with Crippen molar-refractivity contribution >= 4 is 22.8 Å². The number of benzene rings is 1. The predicted molar refractivity (Wildman–Crippen MR) is 89.9 cm³/mol. The fourth-order valence-electron chi connectivity index (χ4n) is 2.52. The highest BCUT2D eigenvalue weighted by Gasteiger charge is 2.15. The van der Waals surface area contributed by atoms with Gasteiger partial charge in [0.1, 0.15) is 0 Å². The zero-order valence-corrected chi connectivity index (χ0v) is 13.2. The molecule has 3 aromatic rings. The minimum atomic E-state index is -0.212. The molecule has 2 heterocycles. The molecule has 0 aliphatic heterocycles. The molecule has 0 aliphatic carbocycles. The molecule has 0 atom stereocenters. The van der Waals surface area contributed by atoms with Crippen molar-refractivity contribution in [3.05, 3.63) is 54.5 Å². The Balaban J connectivity index is 1.85. The predicted octanol–water partition coefficient (Wildman–Crippen LogP) is 2.84. The van der Waals surface area contributed by atoms with Gasteiger partial charge >= 0.3 is 0 Å². The monoisotopic (exact) mass is 309 g/mol. The summed E-state index contributed by atoms with van der Waals surface area (Å²) in [5, 5.41) is 0.932. The highest BCUT2D eigenvalue weighted by molar-refractivity contribution is 6.07. The van der Waals surface area contributed by atoms with Crippen LogP contribution in [0, 0.1) is 5.92 Å². The first-order chi connectivity index (χ1) is 11.1. The number of anilines is 1. The lowest BCUT2D eigenvalue weighted by Gasteiger charge is -2.07. The van der Waals surface area contributed by atoms with E-state index in [1.165, 1.54) is 0 Å². The molecule has 1 amide bonds. The molecule has 0 unspecified atom stereocenters. The second kappa shape index (κ2) is 6.48. The molecular weight excluding hydrogens is 290 g/mol. The minimum absolute atomic E-state index is 0.212. The van der Waals surface area contributed by atoms with Gasteiger partial charge < -0.3 is 4.57 Å². The zero-order chi connectivity index (χ0) is 16.2. The van der Waals surface area contributed by atoms with Gasteiger partial charge in [0.2, 0.25) is 5.95 Å². The van der Waals surface area contributed by atoms with E-state index < -0.39 is 0 Å². The van der Waals surface area contributed by atoms with Crippen molar-refractivity contribution in [1.29, 1.82) is 0 Å². The van der Waals surface area contributed by atoms with Gasteiger partial charge in [0.25, 0.3) is 5.91 Å². The van der Waals surface area contributed by atoms with Gasteiger partial charge in [0.15, 0.2) is 0 Å². The topological polar surface area (TPSA) is 71.8 Å². The lowest BCUT2D eigenvalue weighted by molar-refractivity contribution is 0.0963. The van der Waals surface area contributed by atoms with Crippen LogP contribution in [0.5, 0.6) is 0 Å². The second-order valence-corrected chi connectivity index (χ2v) is 5.76. The number of nitrogens with one attached hydrogen (secondary N) is 2. The first-order valence-electron chi connectivity index (χ1n) is 7.56. The van der Waals surface area contributed by atoms with E-state index in [0.29, 0.717) is 17.4 Å². The summed E-state index contributed by atoms with van der Waals surface area (Å²) < 4.78 is 2.12. The van der Waals surface area contributed by atoms with Crippen LogP contribution in [-0.2, 0) is 6.54 Å². The van der Waals surface area contributed by atoms with Crippen LogP contribution >= 0.6 is 0 Å². The molecule has 2 N–H and O–H groups in total. The molecule has 6 nitrogen and oxygen atoms in total. The SMILES string of the molecule is CC(C)Cn1cc(C(=O)NNc2ncccn2)c2ccccc21. The Morgan fingerprint density at radius 2 is 1.91 bits per heavy atom. The summed E-state index contributed by atoms with van der Waals surface area (Å²) in [6.07, 6.45) is 5.11. The molecule has 23 heavy (non-hydrogen) atoms. The van der Waals surface area contributed by atoms with Crippen molar-refractivity contribution in [3.63, 3.8) is 0 Å². The minimum Gasteiger partial charge on any atom is -0.346 e. The van der Waals surface area contributed by atoms with Gasteiger partial charge in [-0.2, -0.15) is 0 Å². The quantitative estimate of drug-likeness (QED) is 0.711. The highest BCUT2D eigenvalue weighted by Crippen LogP contribution is 2.22. The molecule has 0 fully saturated rings. The number of nitrogens with zero attached hydrogens (tertiary/aromatic N) is 3. The molecule has 0 spiro atoms. The summed E-state index contributed by atoms with van der Waals surface area (Å²) in [5.74, 6) is 0.639. The van der Waals surface area contributed by atoms with Crippen LogP contribution in [0.15, 0.2) is 48.9 Å². The number of aromatic nitrogens is 3. The molecule has 0 saturated heterocycles. The lowest BCUT2D eigenvalue weighted by atomic mass is 10.1. The highest BCUT2D eigenvalue weighted by atomic mass is 16.2. The van der Waals surface area contributed by atoms with Gasteiger partial charge in [-0.05, 0) is 18.1 Å². The van der Waals surface area contributed by atoms with Crippen molar-refractivity contribution in [1.82, 2.24) is 20.0 Å². The van der Waals surface area contributed by atoms with E-state index in [1.54, 1.807) is 18.5 Å². The Labute approximate surface area is 134 Å². The maximum absolute atomic E-state index is 12.5. The van der Waals surface area contributed by atoms with Gasteiger partial charge in [0, 0.05) is 36.0 Å². The fourth-order valence-corrected chi connectivity index (χ4v) is 2.52. The standard InChI is InChI=1S/C17H19N5O/c1-12(2)10-22-11-14(13-6-3-4-7-15(13)22)16(23)20-21-17-18-8-5-9-19-17/h3-9,11-12H,10H2,1-2H3,(H,20,23)(H,18,19,21). The second-order valence-electron chi connectivity index (χ2n) is 5.76. The largest absolute Gasteiger partial charge is 0.346 e. The number of fused-ring (bicyclic) bond motifs is 1. The van der Waals surface area contributed by atoms with Crippen LogP contribution in [0.25, 0.3) is 10.9 Å². The molecule has 3 rings (SSSR count). The normalized spacial score (nSPS) is 10.9. The summed E-state index contributed by atoms with van der Waals surface area (Å²) in [6, 6.07) is 9.62. The maximum Gasteiger partial charge on any atom is 0.271 e. The van der Waals surface area contributed by atoms with E-state index in [0.717, 1.165) is 17.4 Å². The van der Waals surface area contributed by atoms with E-state index in [4.69, 9.17) is 0 Å². The number of hydrazine groups is 1. The smallest absolute Gasteiger partial charge is 0.271 e. The number of hydrogen-bond donors (Lipinski definition) is 2. The van der Waals surface area contributed by atoms with Gasteiger partial charge in [-0.1, -0.05) is 32.0 Å². The Bertz CT molecular complexity index is 810. The molecule has 0 radical (unpaired) electrons. The van der Waals surface area contributed by atoms with Crippen molar-refractivity contribution in [2.45, 2.75) is 20.4 Å². The number of hydrogen-bond acceptors (Lipinski definition) is 4. The lowest BCUT2D eigenvalue weighted by Crippen LogP contribution is -2.30. The molecule has 2 aromatic heterocycles. The summed E-state index contributed by atoms with van der Waals surface area (Å²) in [5.41, 5.74) is 7.06. The third kappa shape index (κ3) is 3.31. The number of carbonyl (C=O) groups excluding carboxylic acids is 1. The molecule has 1 aromatic carbocycles. The van der Waals surface area contributed by atoms with Crippen molar-refractivity contribution < 1.29 is 4.79 Å².